The zero-order valence-electron chi connectivity index (χ0n) is 16.8. The van der Waals surface area contributed by atoms with Crippen LogP contribution in [-0.4, -0.2) is 58.1 Å². The van der Waals surface area contributed by atoms with Crippen LogP contribution >= 0.6 is 0 Å². The van der Waals surface area contributed by atoms with Crippen molar-refractivity contribution in [2.75, 3.05) is 19.8 Å². The Bertz CT molecular complexity index is 629. The van der Waals surface area contributed by atoms with E-state index < -0.39 is 0 Å². The van der Waals surface area contributed by atoms with Crippen LogP contribution in [-0.2, 0) is 0 Å². The van der Waals surface area contributed by atoms with Gasteiger partial charge in [-0.15, -0.1) is 0 Å². The van der Waals surface area contributed by atoms with Crippen LogP contribution in [0.4, 0.5) is 0 Å². The van der Waals surface area contributed by atoms with Gasteiger partial charge in [0.15, 0.2) is 0 Å². The third-order valence-corrected chi connectivity index (χ3v) is 6.95. The van der Waals surface area contributed by atoms with Crippen molar-refractivity contribution < 1.29 is 10.2 Å². The van der Waals surface area contributed by atoms with Gasteiger partial charge in [-0.1, -0.05) is 25.0 Å². The van der Waals surface area contributed by atoms with Crippen molar-refractivity contribution in [1.29, 1.82) is 0 Å². The van der Waals surface area contributed by atoms with Gasteiger partial charge in [0.1, 0.15) is 6.23 Å². The van der Waals surface area contributed by atoms with E-state index in [0.29, 0.717) is 5.92 Å². The number of nitrogens with zero attached hydrogens (tertiary/aromatic N) is 2. The van der Waals surface area contributed by atoms with Gasteiger partial charge in [-0.3, -0.25) is 4.90 Å². The minimum absolute atomic E-state index is 0.260. The van der Waals surface area contributed by atoms with E-state index in [1.165, 1.54) is 29.7 Å². The van der Waals surface area contributed by atoms with Gasteiger partial charge in [0, 0.05) is 19.3 Å². The number of aliphatic hydroxyl groups is 2. The van der Waals surface area contributed by atoms with Crippen molar-refractivity contribution in [1.82, 2.24) is 15.1 Å². The van der Waals surface area contributed by atoms with Crippen molar-refractivity contribution in [3.63, 3.8) is 0 Å². The molecule has 5 nitrogen and oxygen atoms in total. The van der Waals surface area contributed by atoms with Crippen molar-refractivity contribution in [2.24, 2.45) is 11.8 Å². The molecule has 1 aliphatic carbocycles. The molecule has 3 N–H and O–H groups in total. The summed E-state index contributed by atoms with van der Waals surface area (Å²) in [5.74, 6) is 1.09. The fourth-order valence-corrected chi connectivity index (χ4v) is 5.07. The largest absolute Gasteiger partial charge is 0.393 e. The molecule has 3 atom stereocenters. The molecule has 5 heteroatoms. The number of hydrogen-bond donors (Lipinski definition) is 3. The summed E-state index contributed by atoms with van der Waals surface area (Å²) in [6.07, 6.45) is 12.1. The van der Waals surface area contributed by atoms with Crippen LogP contribution < -0.4 is 5.32 Å². The number of likely N-dealkylation sites (tertiary alicyclic amines) is 1. The zero-order valence-corrected chi connectivity index (χ0v) is 16.8. The Balaban J connectivity index is 1.34. The van der Waals surface area contributed by atoms with E-state index in [1.807, 2.05) is 0 Å². The number of rotatable bonds is 7. The monoisotopic (exact) mass is 373 g/mol. The average Bonchev–Trinajstić information content (AvgIpc) is 3.29. The molecule has 0 aromatic rings. The van der Waals surface area contributed by atoms with E-state index >= 15 is 0 Å². The van der Waals surface area contributed by atoms with Crippen LogP contribution in [0.2, 0.25) is 0 Å². The molecule has 3 unspecified atom stereocenters. The zero-order chi connectivity index (χ0) is 19.0. The predicted octanol–water partition coefficient (Wildman–Crippen LogP) is 2.55. The third-order valence-electron chi connectivity index (χ3n) is 6.95. The molecule has 0 spiro atoms. The van der Waals surface area contributed by atoms with Gasteiger partial charge < -0.3 is 20.4 Å². The van der Waals surface area contributed by atoms with E-state index in [2.05, 4.69) is 47.3 Å². The molecule has 150 valence electrons. The number of fused-ring (bicyclic) bond motifs is 1. The number of nitrogens with one attached hydrogen (secondary N) is 1. The fourth-order valence-electron chi connectivity index (χ4n) is 5.07. The van der Waals surface area contributed by atoms with Crippen molar-refractivity contribution in [3.05, 3.63) is 35.2 Å². The summed E-state index contributed by atoms with van der Waals surface area (Å²) in [5.41, 5.74) is 3.95. The first kappa shape index (κ1) is 19.0. The lowest BCUT2D eigenvalue weighted by atomic mass is 9.86. The van der Waals surface area contributed by atoms with Gasteiger partial charge in [-0.25, -0.2) is 0 Å². The summed E-state index contributed by atoms with van der Waals surface area (Å²) in [6.45, 7) is 6.90. The topological polar surface area (TPSA) is 59.0 Å². The van der Waals surface area contributed by atoms with Crippen LogP contribution in [0.25, 0.3) is 0 Å². The molecule has 0 bridgehead atoms. The van der Waals surface area contributed by atoms with Crippen LogP contribution in [0.15, 0.2) is 35.2 Å². The first-order valence-corrected chi connectivity index (χ1v) is 10.7. The maximum atomic E-state index is 11.0. The summed E-state index contributed by atoms with van der Waals surface area (Å²) in [7, 11) is 0. The van der Waals surface area contributed by atoms with Gasteiger partial charge in [-0.2, -0.15) is 0 Å². The first-order chi connectivity index (χ1) is 13.1. The normalized spacial score (nSPS) is 29.3. The van der Waals surface area contributed by atoms with Crippen molar-refractivity contribution in [2.45, 2.75) is 70.7 Å². The van der Waals surface area contributed by atoms with Gasteiger partial charge in [-0.05, 0) is 62.5 Å². The standard InChI is InChI=1S/C22H35N3O2/c1-3-4-18-15(2)20-13-23-14-25(20)19(18)12-21(26)17-7-9-24(10-8-17)22(27)11-16-5-6-16/h3-4,13,16-17,19,21-23,26-27H,5-12,14H2,1-2H3/b4-3-. The lowest BCUT2D eigenvalue weighted by molar-refractivity contribution is -0.0423. The van der Waals surface area contributed by atoms with Crippen LogP contribution in [0.1, 0.15) is 52.4 Å². The molecule has 1 saturated carbocycles. The Labute approximate surface area is 163 Å². The molecule has 3 aliphatic heterocycles. The molecular weight excluding hydrogens is 338 g/mol. The Morgan fingerprint density at radius 1 is 1.19 bits per heavy atom. The SMILES string of the molecule is C/C=C\C1=C(C)C2=CNCN2C1CC(O)C1CCN(C(O)CC2CC2)CC1. The van der Waals surface area contributed by atoms with Crippen LogP contribution in [0, 0.1) is 11.8 Å². The highest BCUT2D eigenvalue weighted by atomic mass is 16.3. The minimum atomic E-state index is -0.286. The molecular formula is C22H35N3O2. The predicted molar refractivity (Wildman–Crippen MR) is 107 cm³/mol. The molecule has 3 heterocycles. The van der Waals surface area contributed by atoms with Crippen LogP contribution in [0.3, 0.4) is 0 Å². The molecule has 27 heavy (non-hydrogen) atoms. The van der Waals surface area contributed by atoms with Crippen molar-refractivity contribution >= 4 is 0 Å². The lowest BCUT2D eigenvalue weighted by Gasteiger charge is -2.38. The molecule has 0 radical (unpaired) electrons. The third kappa shape index (κ3) is 3.96. The highest BCUT2D eigenvalue weighted by Gasteiger charge is 2.38. The Kier molecular flexibility index (Phi) is 5.62. The Morgan fingerprint density at radius 2 is 1.93 bits per heavy atom. The molecule has 4 rings (SSSR count). The maximum absolute atomic E-state index is 11.0. The summed E-state index contributed by atoms with van der Waals surface area (Å²) >= 11 is 0. The van der Waals surface area contributed by atoms with Gasteiger partial charge >= 0.3 is 0 Å². The maximum Gasteiger partial charge on any atom is 0.107 e. The molecule has 4 aliphatic rings. The minimum Gasteiger partial charge on any atom is -0.393 e. The molecule has 1 saturated heterocycles. The highest BCUT2D eigenvalue weighted by molar-refractivity contribution is 5.48. The molecule has 0 amide bonds. The second-order valence-electron chi connectivity index (χ2n) is 8.79. The number of aliphatic hydroxyl groups excluding tert-OH is 2. The molecule has 0 aromatic carbocycles. The van der Waals surface area contributed by atoms with E-state index in [0.717, 1.165) is 51.4 Å². The van der Waals surface area contributed by atoms with E-state index in [4.69, 9.17) is 0 Å². The van der Waals surface area contributed by atoms with Gasteiger partial charge in [0.05, 0.1) is 24.5 Å². The number of allylic oxidation sites excluding steroid dienone is 2. The average molecular weight is 374 g/mol. The number of piperidine rings is 1. The Morgan fingerprint density at radius 3 is 2.59 bits per heavy atom. The smallest absolute Gasteiger partial charge is 0.107 e. The second kappa shape index (κ2) is 7.98. The van der Waals surface area contributed by atoms with Crippen molar-refractivity contribution in [3.8, 4) is 0 Å². The fraction of sp³-hybridized carbons (Fsp3) is 0.727. The lowest BCUT2D eigenvalue weighted by Crippen LogP contribution is -2.45. The van der Waals surface area contributed by atoms with E-state index in [9.17, 15) is 10.2 Å². The molecule has 2 fully saturated rings. The van der Waals surface area contributed by atoms with E-state index in [-0.39, 0.29) is 18.4 Å². The quantitative estimate of drug-likeness (QED) is 0.640. The van der Waals surface area contributed by atoms with Gasteiger partial charge in [0.25, 0.3) is 0 Å². The first-order valence-electron chi connectivity index (χ1n) is 10.7. The summed E-state index contributed by atoms with van der Waals surface area (Å²) < 4.78 is 0. The van der Waals surface area contributed by atoms with Gasteiger partial charge in [0.2, 0.25) is 0 Å². The Hall–Kier alpha value is -1.30. The molecule has 0 aromatic heterocycles. The number of hydrogen-bond acceptors (Lipinski definition) is 5. The van der Waals surface area contributed by atoms with Crippen LogP contribution in [0.5, 0.6) is 0 Å². The highest BCUT2D eigenvalue weighted by Crippen LogP contribution is 2.39. The summed E-state index contributed by atoms with van der Waals surface area (Å²) in [6, 6.07) is 0.260. The second-order valence-corrected chi connectivity index (χ2v) is 8.79. The summed E-state index contributed by atoms with van der Waals surface area (Å²) in [5, 5.41) is 24.7. The summed E-state index contributed by atoms with van der Waals surface area (Å²) in [4.78, 5) is 4.61. The van der Waals surface area contributed by atoms with E-state index in [1.54, 1.807) is 0 Å².